The highest BCUT2D eigenvalue weighted by molar-refractivity contribution is 6.42. The molecule has 2 atom stereocenters. The summed E-state index contributed by atoms with van der Waals surface area (Å²) in [4.78, 5) is 55.9. The summed E-state index contributed by atoms with van der Waals surface area (Å²) in [5.41, 5.74) is 2.35. The number of hydrogen-bond donors (Lipinski definition) is 1. The van der Waals surface area contributed by atoms with Gasteiger partial charge in [0.25, 0.3) is 5.69 Å². The number of rotatable bonds is 10. The molecule has 13 heteroatoms. The number of halogens is 2. The van der Waals surface area contributed by atoms with Crippen LogP contribution in [0, 0.1) is 10.1 Å². The maximum absolute atomic E-state index is 14.3. The lowest BCUT2D eigenvalue weighted by Crippen LogP contribution is -2.66. The Morgan fingerprint density at radius 2 is 1.71 bits per heavy atom. The number of nitro benzene ring substituents is 1. The van der Waals surface area contributed by atoms with Crippen LogP contribution in [0.4, 0.5) is 10.5 Å². The number of hydrogen-bond acceptors (Lipinski definition) is 6. The average molecular weight is 690 g/mol. The molecule has 4 amide bonds. The second-order valence-corrected chi connectivity index (χ2v) is 12.7. The lowest BCUT2D eigenvalue weighted by atomic mass is 9.98. The van der Waals surface area contributed by atoms with E-state index in [4.69, 9.17) is 23.2 Å². The second-order valence-electron chi connectivity index (χ2n) is 11.9. The van der Waals surface area contributed by atoms with E-state index in [1.807, 2.05) is 49.4 Å². The fourth-order valence-electron chi connectivity index (χ4n) is 6.48. The van der Waals surface area contributed by atoms with Crippen molar-refractivity contribution in [2.45, 2.75) is 45.1 Å². The van der Waals surface area contributed by atoms with E-state index in [2.05, 4.69) is 5.32 Å². The highest BCUT2D eigenvalue weighted by Gasteiger charge is 2.52. The molecule has 248 valence electrons. The van der Waals surface area contributed by atoms with Gasteiger partial charge >= 0.3 is 6.03 Å². The number of amides is 4. The van der Waals surface area contributed by atoms with E-state index in [1.54, 1.807) is 50.1 Å². The van der Waals surface area contributed by atoms with Crippen molar-refractivity contribution in [1.29, 1.82) is 0 Å². The number of hydrazine groups is 1. The molecule has 11 nitrogen and oxygen atoms in total. The lowest BCUT2D eigenvalue weighted by Gasteiger charge is -2.46. The topological polar surface area (TPSA) is 119 Å². The molecule has 4 aromatic carbocycles. The summed E-state index contributed by atoms with van der Waals surface area (Å²) in [5, 5.41) is 20.4. The van der Waals surface area contributed by atoms with Gasteiger partial charge in [-0.15, -0.1) is 0 Å². The van der Waals surface area contributed by atoms with E-state index < -0.39 is 17.1 Å². The van der Waals surface area contributed by atoms with Gasteiger partial charge in [-0.1, -0.05) is 90.8 Å². The predicted octanol–water partition coefficient (Wildman–Crippen LogP) is 6.02. The summed E-state index contributed by atoms with van der Waals surface area (Å²) in [6.45, 7) is 2.89. The zero-order chi connectivity index (χ0) is 33.9. The van der Waals surface area contributed by atoms with Crippen molar-refractivity contribution < 1.29 is 19.3 Å². The van der Waals surface area contributed by atoms with Crippen LogP contribution in [-0.2, 0) is 29.1 Å². The number of fused-ring (bicyclic) bond motifs is 2. The number of carbonyl (C=O) groups excluding carboxylic acids is 3. The number of piperazine rings is 1. The Morgan fingerprint density at radius 3 is 2.44 bits per heavy atom. The molecular weight excluding hydrogens is 655 g/mol. The first-order valence-electron chi connectivity index (χ1n) is 15.7. The maximum atomic E-state index is 14.3. The number of carbonyl (C=O) groups is 3. The number of benzene rings is 4. The molecule has 6 rings (SSSR count). The van der Waals surface area contributed by atoms with Crippen molar-refractivity contribution in [3.05, 3.63) is 122 Å². The highest BCUT2D eigenvalue weighted by Crippen LogP contribution is 2.32. The Kier molecular flexibility index (Phi) is 9.81. The SMILES string of the molecule is CCCN(C(=O)NCc1ccc(Cl)c(Cl)c1)N1CC(=O)N2[C@@H](Cc3ccc([N+](=O)[O-])cc3)C(=O)N(Cc3cccc4ccccc34)C[C@@H]21. The molecule has 2 aliphatic rings. The lowest BCUT2D eigenvalue weighted by molar-refractivity contribution is -0.384. The molecular formula is C35H34Cl2N6O5. The summed E-state index contributed by atoms with van der Waals surface area (Å²) in [6.07, 6.45) is 0.175. The standard InChI is InChI=1S/C35H34Cl2N6O5/c1-2-16-40(35(46)38-19-24-12-15-29(36)30(37)17-24)41-22-33(44)42-31(18-23-10-13-27(14-11-23)43(47)48)34(45)39(21-32(41)42)20-26-8-5-7-25-6-3-4-9-28(25)26/h3-15,17,31-32H,2,16,18-22H2,1H3,(H,38,46)/t31-,32+/m0/s1. The molecule has 0 bridgehead atoms. The minimum Gasteiger partial charge on any atom is -0.333 e. The Bertz CT molecular complexity index is 1870. The van der Waals surface area contributed by atoms with E-state index in [9.17, 15) is 24.5 Å². The summed E-state index contributed by atoms with van der Waals surface area (Å²) in [6, 6.07) is 23.8. The van der Waals surface area contributed by atoms with Gasteiger partial charge in [0.05, 0.1) is 28.1 Å². The first kappa shape index (κ1) is 33.2. The van der Waals surface area contributed by atoms with E-state index in [0.29, 0.717) is 35.1 Å². The quantitative estimate of drug-likeness (QED) is 0.161. The van der Waals surface area contributed by atoms with Crippen molar-refractivity contribution in [2.24, 2.45) is 0 Å². The molecule has 0 unspecified atom stereocenters. The minimum absolute atomic E-state index is 0.0605. The first-order valence-corrected chi connectivity index (χ1v) is 16.5. The van der Waals surface area contributed by atoms with Crippen LogP contribution < -0.4 is 5.32 Å². The van der Waals surface area contributed by atoms with Gasteiger partial charge in [0.1, 0.15) is 12.2 Å². The molecule has 2 fully saturated rings. The third kappa shape index (κ3) is 6.80. The number of nitrogens with zero attached hydrogens (tertiary/aromatic N) is 5. The summed E-state index contributed by atoms with van der Waals surface area (Å²) in [7, 11) is 0. The Balaban J connectivity index is 1.31. The van der Waals surface area contributed by atoms with Crippen LogP contribution in [0.5, 0.6) is 0 Å². The molecule has 0 aromatic heterocycles. The van der Waals surface area contributed by atoms with E-state index >= 15 is 0 Å². The molecule has 0 aliphatic carbocycles. The Morgan fingerprint density at radius 1 is 0.979 bits per heavy atom. The third-order valence-corrected chi connectivity index (χ3v) is 9.53. The van der Waals surface area contributed by atoms with Crippen LogP contribution in [0.15, 0.2) is 84.9 Å². The van der Waals surface area contributed by atoms with Crippen molar-refractivity contribution in [1.82, 2.24) is 25.1 Å². The maximum Gasteiger partial charge on any atom is 0.332 e. The van der Waals surface area contributed by atoms with Crippen LogP contribution in [0.25, 0.3) is 10.8 Å². The smallest absolute Gasteiger partial charge is 0.332 e. The van der Waals surface area contributed by atoms with E-state index in [1.165, 1.54) is 12.1 Å². The van der Waals surface area contributed by atoms with E-state index in [0.717, 1.165) is 21.9 Å². The summed E-state index contributed by atoms with van der Waals surface area (Å²) in [5.74, 6) is -0.498. The summed E-state index contributed by atoms with van der Waals surface area (Å²) >= 11 is 12.2. The molecule has 48 heavy (non-hydrogen) atoms. The van der Waals surface area contributed by atoms with Gasteiger partial charge in [0.2, 0.25) is 11.8 Å². The van der Waals surface area contributed by atoms with E-state index in [-0.39, 0.29) is 49.6 Å². The Hall–Kier alpha value is -4.71. The fourth-order valence-corrected chi connectivity index (χ4v) is 6.80. The number of nitro groups is 1. The van der Waals surface area contributed by atoms with Crippen molar-refractivity contribution >= 4 is 57.5 Å². The number of nitrogens with one attached hydrogen (secondary N) is 1. The van der Waals surface area contributed by atoms with Crippen molar-refractivity contribution in [3.8, 4) is 0 Å². The molecule has 0 saturated carbocycles. The minimum atomic E-state index is -0.875. The average Bonchev–Trinajstić information content (AvgIpc) is 3.41. The molecule has 4 aromatic rings. The molecule has 2 heterocycles. The van der Waals surface area contributed by atoms with Gasteiger partial charge in [0.15, 0.2) is 0 Å². The van der Waals surface area contributed by atoms with Crippen molar-refractivity contribution in [3.63, 3.8) is 0 Å². The molecule has 1 N–H and O–H groups in total. The zero-order valence-electron chi connectivity index (χ0n) is 26.2. The molecule has 2 aliphatic heterocycles. The largest absolute Gasteiger partial charge is 0.333 e. The second kappa shape index (κ2) is 14.2. The van der Waals surface area contributed by atoms with Gasteiger partial charge in [-0.25, -0.2) is 4.79 Å². The van der Waals surface area contributed by atoms with Gasteiger partial charge in [-0.2, -0.15) is 5.01 Å². The first-order chi connectivity index (χ1) is 23.1. The molecule has 2 saturated heterocycles. The molecule has 0 radical (unpaired) electrons. The fraction of sp³-hybridized carbons (Fsp3) is 0.286. The van der Waals surface area contributed by atoms with Crippen LogP contribution in [0.1, 0.15) is 30.0 Å². The normalized spacial score (nSPS) is 17.9. The van der Waals surface area contributed by atoms with Gasteiger partial charge in [0, 0.05) is 38.2 Å². The van der Waals surface area contributed by atoms with Crippen LogP contribution in [0.3, 0.4) is 0 Å². The highest BCUT2D eigenvalue weighted by atomic mass is 35.5. The zero-order valence-corrected chi connectivity index (χ0v) is 27.7. The van der Waals surface area contributed by atoms with Gasteiger partial charge in [-0.3, -0.25) is 24.7 Å². The third-order valence-electron chi connectivity index (χ3n) is 8.79. The molecule has 0 spiro atoms. The van der Waals surface area contributed by atoms with Crippen molar-refractivity contribution in [2.75, 3.05) is 19.6 Å². The number of urea groups is 1. The number of non-ortho nitro benzene ring substituents is 1. The van der Waals surface area contributed by atoms with Gasteiger partial charge < -0.3 is 15.1 Å². The Labute approximate surface area is 287 Å². The van der Waals surface area contributed by atoms with Crippen LogP contribution >= 0.6 is 23.2 Å². The monoisotopic (exact) mass is 688 g/mol. The predicted molar refractivity (Wildman–Crippen MR) is 183 cm³/mol. The van der Waals surface area contributed by atoms with Crippen LogP contribution in [0.2, 0.25) is 10.0 Å². The van der Waals surface area contributed by atoms with Crippen LogP contribution in [-0.4, -0.2) is 74.4 Å². The summed E-state index contributed by atoms with van der Waals surface area (Å²) < 4.78 is 0. The van der Waals surface area contributed by atoms with Gasteiger partial charge in [-0.05, 0) is 46.0 Å².